The molecular formula is C10H11NO6. The van der Waals surface area contributed by atoms with E-state index in [-0.39, 0.29) is 0 Å². The van der Waals surface area contributed by atoms with Gasteiger partial charge in [0, 0.05) is 0 Å². The standard InChI is InChI=1S/C10H8O4.H3NO2/c11-9(12)8(10(13)14)6-7-4-2-1-3-5-7;2-1-3/h1-6H,(H,11,12)(H,13,14);1-3H. The quantitative estimate of drug-likeness (QED) is 0.227. The van der Waals surface area contributed by atoms with Crippen LogP contribution >= 0.6 is 0 Å². The third-order valence-corrected chi connectivity index (χ3v) is 1.57. The minimum absolute atomic E-state index is 0.548. The zero-order valence-electron chi connectivity index (χ0n) is 8.57. The Kier molecular flexibility index (Phi) is 6.95. The van der Waals surface area contributed by atoms with E-state index in [0.717, 1.165) is 11.7 Å². The topological polar surface area (TPSA) is 127 Å². The molecule has 0 amide bonds. The third kappa shape index (κ3) is 6.05. The number of carboxylic acid groups (broad SMARTS) is 2. The van der Waals surface area contributed by atoms with Gasteiger partial charge in [0.25, 0.3) is 0 Å². The fourth-order valence-corrected chi connectivity index (χ4v) is 0.931. The van der Waals surface area contributed by atoms with E-state index in [1.807, 2.05) is 0 Å². The second kappa shape index (κ2) is 7.99. The molecule has 5 N–H and O–H groups in total. The van der Waals surface area contributed by atoms with Gasteiger partial charge in [-0.15, -0.1) is 0 Å². The summed E-state index contributed by atoms with van der Waals surface area (Å²) in [6, 6.07) is 8.43. The zero-order chi connectivity index (χ0) is 13.3. The minimum atomic E-state index is -1.44. The number of nitrogens with one attached hydrogen (secondary N) is 1. The van der Waals surface area contributed by atoms with Crippen LogP contribution in [0.25, 0.3) is 6.08 Å². The molecule has 0 unspecified atom stereocenters. The van der Waals surface area contributed by atoms with E-state index >= 15 is 0 Å². The summed E-state index contributed by atoms with van der Waals surface area (Å²) in [4.78, 5) is 21.0. The predicted octanol–water partition coefficient (Wildman–Crippen LogP) is 0.594. The molecule has 1 aromatic rings. The molecule has 17 heavy (non-hydrogen) atoms. The monoisotopic (exact) mass is 241 g/mol. The summed E-state index contributed by atoms with van der Waals surface area (Å²) in [5.74, 6) is -2.89. The molecule has 0 radical (unpaired) electrons. The van der Waals surface area contributed by atoms with Gasteiger partial charge in [0.2, 0.25) is 0 Å². The van der Waals surface area contributed by atoms with Crippen LogP contribution in [0.4, 0.5) is 0 Å². The van der Waals surface area contributed by atoms with Crippen molar-refractivity contribution in [2.45, 2.75) is 0 Å². The van der Waals surface area contributed by atoms with Crippen molar-refractivity contribution in [3.63, 3.8) is 0 Å². The second-order valence-corrected chi connectivity index (χ2v) is 2.68. The Morgan fingerprint density at radius 3 is 1.76 bits per heavy atom. The Morgan fingerprint density at radius 2 is 1.41 bits per heavy atom. The molecule has 0 atom stereocenters. The van der Waals surface area contributed by atoms with Crippen LogP contribution < -0.4 is 5.64 Å². The van der Waals surface area contributed by atoms with Gasteiger partial charge in [-0.3, -0.25) is 10.4 Å². The third-order valence-electron chi connectivity index (χ3n) is 1.57. The first kappa shape index (κ1) is 14.8. The zero-order valence-corrected chi connectivity index (χ0v) is 8.57. The average Bonchev–Trinajstić information content (AvgIpc) is 2.27. The van der Waals surface area contributed by atoms with E-state index in [1.54, 1.807) is 30.3 Å². The summed E-state index contributed by atoms with van der Waals surface area (Å²) in [7, 11) is 0. The SMILES string of the molecule is O=C(O)C(=Cc1ccccc1)C(=O)O.ONO. The molecule has 0 aliphatic heterocycles. The molecule has 1 aromatic carbocycles. The highest BCUT2D eigenvalue weighted by molar-refractivity contribution is 6.16. The van der Waals surface area contributed by atoms with Gasteiger partial charge in [0.1, 0.15) is 5.57 Å². The molecule has 92 valence electrons. The summed E-state index contributed by atoms with van der Waals surface area (Å²) in [5, 5.41) is 30.9. The number of rotatable bonds is 3. The first-order chi connectivity index (χ1) is 8.02. The molecule has 0 bridgehead atoms. The van der Waals surface area contributed by atoms with Crippen LogP contribution in [0.2, 0.25) is 0 Å². The van der Waals surface area contributed by atoms with Crippen LogP contribution in [0.1, 0.15) is 5.56 Å². The van der Waals surface area contributed by atoms with Crippen LogP contribution in [-0.4, -0.2) is 32.6 Å². The first-order valence-corrected chi connectivity index (χ1v) is 4.29. The number of carboxylic acids is 2. The lowest BCUT2D eigenvalue weighted by molar-refractivity contribution is -0.140. The molecule has 0 saturated heterocycles. The van der Waals surface area contributed by atoms with E-state index in [0.29, 0.717) is 5.56 Å². The van der Waals surface area contributed by atoms with Crippen LogP contribution in [0.5, 0.6) is 0 Å². The molecule has 0 heterocycles. The van der Waals surface area contributed by atoms with Crippen molar-refractivity contribution in [2.75, 3.05) is 0 Å². The maximum atomic E-state index is 10.5. The van der Waals surface area contributed by atoms with Gasteiger partial charge >= 0.3 is 11.9 Å². The first-order valence-electron chi connectivity index (χ1n) is 4.29. The summed E-state index contributed by atoms with van der Waals surface area (Å²) in [6.07, 6.45) is 1.12. The van der Waals surface area contributed by atoms with Crippen molar-refractivity contribution in [1.29, 1.82) is 0 Å². The van der Waals surface area contributed by atoms with E-state index in [4.69, 9.17) is 20.6 Å². The fourth-order valence-electron chi connectivity index (χ4n) is 0.931. The van der Waals surface area contributed by atoms with Gasteiger partial charge < -0.3 is 10.2 Å². The van der Waals surface area contributed by atoms with Gasteiger partial charge in [-0.05, 0) is 11.6 Å². The lowest BCUT2D eigenvalue weighted by Crippen LogP contribution is -2.10. The Hall–Kier alpha value is -2.22. The number of aliphatic carboxylic acids is 2. The smallest absolute Gasteiger partial charge is 0.343 e. The highest BCUT2D eigenvalue weighted by atomic mass is 16.7. The summed E-state index contributed by atoms with van der Waals surface area (Å²) >= 11 is 0. The minimum Gasteiger partial charge on any atom is -0.477 e. The fraction of sp³-hybridized carbons (Fsp3) is 0. The van der Waals surface area contributed by atoms with Gasteiger partial charge in [-0.2, -0.15) is 0 Å². The van der Waals surface area contributed by atoms with E-state index in [1.165, 1.54) is 0 Å². The largest absolute Gasteiger partial charge is 0.477 e. The molecule has 0 aromatic heterocycles. The normalized spacial score (nSPS) is 8.59. The maximum absolute atomic E-state index is 10.5. The number of carbonyl (C=O) groups is 2. The number of hydrogen-bond acceptors (Lipinski definition) is 5. The van der Waals surface area contributed by atoms with Crippen LogP contribution in [0.15, 0.2) is 35.9 Å². The van der Waals surface area contributed by atoms with Gasteiger partial charge in [0.15, 0.2) is 0 Å². The van der Waals surface area contributed by atoms with Crippen molar-refractivity contribution in [1.82, 2.24) is 5.64 Å². The Labute approximate surface area is 96.2 Å². The van der Waals surface area contributed by atoms with Crippen LogP contribution in [0, 0.1) is 0 Å². The highest BCUT2D eigenvalue weighted by Crippen LogP contribution is 2.06. The van der Waals surface area contributed by atoms with Gasteiger partial charge in [0.05, 0.1) is 0 Å². The van der Waals surface area contributed by atoms with Crippen molar-refractivity contribution < 1.29 is 30.2 Å². The molecule has 7 heteroatoms. The molecule has 1 rings (SSSR count). The summed E-state index contributed by atoms with van der Waals surface area (Å²) in [6.45, 7) is 0. The molecule has 0 fully saturated rings. The van der Waals surface area contributed by atoms with Crippen molar-refractivity contribution in [2.24, 2.45) is 0 Å². The average molecular weight is 241 g/mol. The van der Waals surface area contributed by atoms with E-state index in [9.17, 15) is 9.59 Å². The molecule has 0 aliphatic carbocycles. The molecular weight excluding hydrogens is 230 g/mol. The Morgan fingerprint density at radius 1 is 1.00 bits per heavy atom. The van der Waals surface area contributed by atoms with Crippen LogP contribution in [-0.2, 0) is 9.59 Å². The van der Waals surface area contributed by atoms with Crippen molar-refractivity contribution in [3.8, 4) is 0 Å². The van der Waals surface area contributed by atoms with E-state index in [2.05, 4.69) is 0 Å². The predicted molar refractivity (Wildman–Crippen MR) is 56.4 cm³/mol. The highest BCUT2D eigenvalue weighted by Gasteiger charge is 2.15. The molecule has 0 spiro atoms. The van der Waals surface area contributed by atoms with E-state index < -0.39 is 17.5 Å². The van der Waals surface area contributed by atoms with Gasteiger partial charge in [-0.1, -0.05) is 36.0 Å². The second-order valence-electron chi connectivity index (χ2n) is 2.68. The van der Waals surface area contributed by atoms with Gasteiger partial charge in [-0.25, -0.2) is 9.59 Å². The Balaban J connectivity index is 0.000000770. The number of benzene rings is 1. The molecule has 0 aliphatic rings. The van der Waals surface area contributed by atoms with Crippen molar-refractivity contribution >= 4 is 18.0 Å². The Bertz CT molecular complexity index is 385. The van der Waals surface area contributed by atoms with Crippen molar-refractivity contribution in [3.05, 3.63) is 41.5 Å². The lowest BCUT2D eigenvalue weighted by Gasteiger charge is -1.95. The molecule has 0 saturated carbocycles. The molecule has 7 nitrogen and oxygen atoms in total. The number of hydrogen-bond donors (Lipinski definition) is 5. The van der Waals surface area contributed by atoms with Crippen LogP contribution in [0.3, 0.4) is 0 Å². The summed E-state index contributed by atoms with van der Waals surface area (Å²) in [5.41, 5.74) is 0.656. The summed E-state index contributed by atoms with van der Waals surface area (Å²) < 4.78 is 0. The maximum Gasteiger partial charge on any atom is 0.343 e. The lowest BCUT2D eigenvalue weighted by atomic mass is 10.1.